The first-order valence-corrected chi connectivity index (χ1v) is 8.91. The Hall–Kier alpha value is -1.61. The summed E-state index contributed by atoms with van der Waals surface area (Å²) in [6.45, 7) is 5.42. The Balaban J connectivity index is 0.00000338. The van der Waals surface area contributed by atoms with Crippen LogP contribution >= 0.6 is 24.0 Å². The van der Waals surface area contributed by atoms with Gasteiger partial charge in [-0.05, 0) is 39.1 Å². The van der Waals surface area contributed by atoms with Crippen LogP contribution in [0.15, 0.2) is 53.8 Å². The number of nitrogens with one attached hydrogen (secondary N) is 2. The average molecular weight is 470 g/mol. The van der Waals surface area contributed by atoms with Gasteiger partial charge in [0.2, 0.25) is 0 Å². The van der Waals surface area contributed by atoms with Crippen LogP contribution in [0.1, 0.15) is 24.9 Å². The highest BCUT2D eigenvalue weighted by Crippen LogP contribution is 2.17. The molecular weight excluding hydrogens is 439 g/mol. The van der Waals surface area contributed by atoms with Gasteiger partial charge < -0.3 is 15.5 Å². The first-order valence-electron chi connectivity index (χ1n) is 8.91. The van der Waals surface area contributed by atoms with Crippen molar-refractivity contribution in [2.75, 3.05) is 33.7 Å². The second-order valence-electron chi connectivity index (χ2n) is 6.16. The molecule has 2 rings (SSSR count). The van der Waals surface area contributed by atoms with Crippen LogP contribution in [0.5, 0.6) is 0 Å². The third-order valence-electron chi connectivity index (χ3n) is 3.99. The van der Waals surface area contributed by atoms with E-state index in [0.717, 1.165) is 32.0 Å². The molecule has 0 aliphatic rings. The summed E-state index contributed by atoms with van der Waals surface area (Å²) < 4.78 is 1.95. The van der Waals surface area contributed by atoms with Crippen LogP contribution in [0, 0.1) is 0 Å². The lowest BCUT2D eigenvalue weighted by Crippen LogP contribution is -2.38. The maximum absolute atomic E-state index is 4.78. The predicted octanol–water partition coefficient (Wildman–Crippen LogP) is 2.75. The fourth-order valence-corrected chi connectivity index (χ4v) is 2.64. The van der Waals surface area contributed by atoms with Crippen LogP contribution < -0.4 is 10.6 Å². The van der Waals surface area contributed by atoms with E-state index < -0.39 is 0 Å². The summed E-state index contributed by atoms with van der Waals surface area (Å²) in [6.07, 6.45) is 4.80. The molecule has 7 heteroatoms. The SMILES string of the molecule is CCNC(=NCC(c1ccccc1)N(C)C)NCCCn1cccn1.I. The maximum Gasteiger partial charge on any atom is 0.191 e. The number of benzene rings is 1. The van der Waals surface area contributed by atoms with Gasteiger partial charge in [-0.2, -0.15) is 5.10 Å². The number of hydrogen-bond donors (Lipinski definition) is 2. The van der Waals surface area contributed by atoms with E-state index >= 15 is 0 Å². The number of nitrogens with zero attached hydrogens (tertiary/aromatic N) is 4. The van der Waals surface area contributed by atoms with Crippen LogP contribution in [0.4, 0.5) is 0 Å². The second kappa shape index (κ2) is 12.7. The zero-order chi connectivity index (χ0) is 17.9. The molecule has 0 bridgehead atoms. The highest BCUT2D eigenvalue weighted by Gasteiger charge is 2.13. The van der Waals surface area contributed by atoms with Crippen molar-refractivity contribution in [1.29, 1.82) is 0 Å². The molecule has 1 aromatic heterocycles. The van der Waals surface area contributed by atoms with Crippen molar-refractivity contribution < 1.29 is 0 Å². The van der Waals surface area contributed by atoms with Gasteiger partial charge in [-0.25, -0.2) is 0 Å². The van der Waals surface area contributed by atoms with Crippen LogP contribution in [0.25, 0.3) is 0 Å². The van der Waals surface area contributed by atoms with E-state index in [1.165, 1.54) is 5.56 Å². The van der Waals surface area contributed by atoms with E-state index in [9.17, 15) is 0 Å². The minimum atomic E-state index is 0. The van der Waals surface area contributed by atoms with Crippen molar-refractivity contribution in [2.45, 2.75) is 25.9 Å². The molecule has 0 amide bonds. The minimum absolute atomic E-state index is 0. The van der Waals surface area contributed by atoms with Crippen molar-refractivity contribution in [1.82, 2.24) is 25.3 Å². The van der Waals surface area contributed by atoms with Crippen molar-refractivity contribution in [2.24, 2.45) is 4.99 Å². The lowest BCUT2D eigenvalue weighted by atomic mass is 10.1. The quantitative estimate of drug-likeness (QED) is 0.256. The van der Waals surface area contributed by atoms with Crippen LogP contribution in [0.3, 0.4) is 0 Å². The van der Waals surface area contributed by atoms with E-state index in [4.69, 9.17) is 4.99 Å². The van der Waals surface area contributed by atoms with E-state index in [1.807, 2.05) is 29.2 Å². The lowest BCUT2D eigenvalue weighted by molar-refractivity contribution is 0.306. The molecule has 2 N–H and O–H groups in total. The molecule has 6 nitrogen and oxygen atoms in total. The summed E-state index contributed by atoms with van der Waals surface area (Å²) in [5, 5.41) is 10.9. The smallest absolute Gasteiger partial charge is 0.191 e. The van der Waals surface area contributed by atoms with Crippen LogP contribution in [-0.2, 0) is 6.54 Å². The molecule has 0 saturated heterocycles. The normalized spacial score (nSPS) is 12.5. The Kier molecular flexibility index (Phi) is 11.0. The van der Waals surface area contributed by atoms with E-state index in [0.29, 0.717) is 6.54 Å². The van der Waals surface area contributed by atoms with Gasteiger partial charge in [0.15, 0.2) is 5.96 Å². The molecule has 0 fully saturated rings. The fourth-order valence-electron chi connectivity index (χ4n) is 2.64. The predicted molar refractivity (Wildman–Crippen MR) is 119 cm³/mol. The molecule has 1 heterocycles. The number of halogens is 1. The van der Waals surface area contributed by atoms with Gasteiger partial charge in [-0.15, -0.1) is 24.0 Å². The van der Waals surface area contributed by atoms with Gasteiger partial charge in [0.05, 0.1) is 12.6 Å². The number of aliphatic imine (C=N–C) groups is 1. The molecule has 1 aromatic carbocycles. The Morgan fingerprint density at radius 2 is 1.96 bits per heavy atom. The number of aromatic nitrogens is 2. The van der Waals surface area contributed by atoms with E-state index in [1.54, 1.807) is 0 Å². The zero-order valence-electron chi connectivity index (χ0n) is 15.9. The van der Waals surface area contributed by atoms with E-state index in [-0.39, 0.29) is 30.0 Å². The third-order valence-corrected chi connectivity index (χ3v) is 3.99. The molecular formula is C19H31IN6. The fraction of sp³-hybridized carbons (Fsp3) is 0.474. The van der Waals surface area contributed by atoms with Gasteiger partial charge in [0.1, 0.15) is 0 Å². The van der Waals surface area contributed by atoms with Crippen LogP contribution in [0.2, 0.25) is 0 Å². The largest absolute Gasteiger partial charge is 0.357 e. The Morgan fingerprint density at radius 3 is 2.58 bits per heavy atom. The monoisotopic (exact) mass is 470 g/mol. The van der Waals surface area contributed by atoms with Gasteiger partial charge >= 0.3 is 0 Å². The van der Waals surface area contributed by atoms with Gasteiger partial charge in [-0.3, -0.25) is 9.67 Å². The van der Waals surface area contributed by atoms with Crippen molar-refractivity contribution in [3.8, 4) is 0 Å². The maximum atomic E-state index is 4.78. The topological polar surface area (TPSA) is 57.5 Å². The van der Waals surface area contributed by atoms with Gasteiger partial charge in [0, 0.05) is 32.0 Å². The number of guanidine groups is 1. The highest BCUT2D eigenvalue weighted by molar-refractivity contribution is 14.0. The summed E-state index contributed by atoms with van der Waals surface area (Å²) in [7, 11) is 4.19. The minimum Gasteiger partial charge on any atom is -0.357 e. The van der Waals surface area contributed by atoms with Crippen molar-refractivity contribution in [3.05, 3.63) is 54.4 Å². The standard InChI is InChI=1S/C19H30N6.HI/c1-4-20-19(21-12-8-14-25-15-9-13-23-25)22-16-18(24(2)3)17-10-6-5-7-11-17;/h5-7,9-11,13,15,18H,4,8,12,14,16H2,1-3H3,(H2,20,21,22);1H. The molecule has 26 heavy (non-hydrogen) atoms. The third kappa shape index (κ3) is 7.74. The molecule has 144 valence electrons. The summed E-state index contributed by atoms with van der Waals surface area (Å²) in [5.41, 5.74) is 1.28. The molecule has 0 spiro atoms. The van der Waals surface area contributed by atoms with Gasteiger partial charge in [0.25, 0.3) is 0 Å². The highest BCUT2D eigenvalue weighted by atomic mass is 127. The first kappa shape index (κ1) is 22.4. The molecule has 1 atom stereocenters. The molecule has 0 aliphatic carbocycles. The molecule has 0 radical (unpaired) electrons. The Labute approximate surface area is 174 Å². The molecule has 0 aliphatic heterocycles. The summed E-state index contributed by atoms with van der Waals surface area (Å²) in [4.78, 5) is 6.98. The average Bonchev–Trinajstić information content (AvgIpc) is 3.13. The molecule has 2 aromatic rings. The van der Waals surface area contributed by atoms with Crippen LogP contribution in [-0.4, -0.2) is 54.4 Å². The van der Waals surface area contributed by atoms with Crippen molar-refractivity contribution in [3.63, 3.8) is 0 Å². The summed E-state index contributed by atoms with van der Waals surface area (Å²) in [5.74, 6) is 0.866. The first-order chi connectivity index (χ1) is 12.2. The Bertz CT molecular complexity index is 612. The zero-order valence-corrected chi connectivity index (χ0v) is 18.3. The molecule has 1 unspecified atom stereocenters. The number of rotatable bonds is 9. The number of aryl methyl sites for hydroxylation is 1. The number of hydrogen-bond acceptors (Lipinski definition) is 3. The van der Waals surface area contributed by atoms with E-state index in [2.05, 4.69) is 65.9 Å². The van der Waals surface area contributed by atoms with Gasteiger partial charge in [-0.1, -0.05) is 30.3 Å². The molecule has 0 saturated carbocycles. The number of likely N-dealkylation sites (N-methyl/N-ethyl adjacent to an activating group) is 1. The second-order valence-corrected chi connectivity index (χ2v) is 6.16. The summed E-state index contributed by atoms with van der Waals surface area (Å²) >= 11 is 0. The lowest BCUT2D eigenvalue weighted by Gasteiger charge is -2.23. The van der Waals surface area contributed by atoms with Crippen molar-refractivity contribution >= 4 is 29.9 Å². The summed E-state index contributed by atoms with van der Waals surface area (Å²) in [6, 6.07) is 12.7. The Morgan fingerprint density at radius 1 is 1.19 bits per heavy atom.